The molecule has 1 heterocycles. The SMILES string of the molecule is CS(=O)(=O)N(CC(=O)NCc1ccc(CN2CCCC2)cc1)c1cccc(C(F)(F)F)c1. The van der Waals surface area contributed by atoms with Gasteiger partial charge in [0.2, 0.25) is 15.9 Å². The van der Waals surface area contributed by atoms with Crippen LogP contribution in [0.4, 0.5) is 18.9 Å². The maximum Gasteiger partial charge on any atom is 0.416 e. The van der Waals surface area contributed by atoms with Gasteiger partial charge in [-0.3, -0.25) is 14.0 Å². The monoisotopic (exact) mass is 469 g/mol. The number of carbonyl (C=O) groups is 1. The number of sulfonamides is 1. The van der Waals surface area contributed by atoms with Crippen molar-refractivity contribution in [3.8, 4) is 0 Å². The number of carbonyl (C=O) groups excluding carboxylic acids is 1. The van der Waals surface area contributed by atoms with E-state index in [-0.39, 0.29) is 12.2 Å². The predicted octanol–water partition coefficient (Wildman–Crippen LogP) is 3.38. The fraction of sp³-hybridized carbons (Fsp3) is 0.409. The second-order valence-corrected chi connectivity index (χ2v) is 9.80. The fourth-order valence-corrected chi connectivity index (χ4v) is 4.43. The third-order valence-corrected chi connectivity index (χ3v) is 6.41. The van der Waals surface area contributed by atoms with E-state index in [4.69, 9.17) is 0 Å². The summed E-state index contributed by atoms with van der Waals surface area (Å²) in [4.78, 5) is 14.8. The minimum Gasteiger partial charge on any atom is -0.350 e. The molecule has 1 fully saturated rings. The van der Waals surface area contributed by atoms with Crippen LogP contribution in [0.5, 0.6) is 0 Å². The fourth-order valence-electron chi connectivity index (χ4n) is 3.59. The summed E-state index contributed by atoms with van der Waals surface area (Å²) in [5.74, 6) is -0.617. The molecule has 1 saturated heterocycles. The Bertz CT molecular complexity index is 1030. The number of hydrogen-bond donors (Lipinski definition) is 1. The standard InChI is InChI=1S/C22H26F3N3O3S/c1-32(30,31)28(20-6-4-5-19(13-20)22(23,24)25)16-21(29)26-14-17-7-9-18(10-8-17)15-27-11-2-3-12-27/h4-10,13H,2-3,11-12,14-16H2,1H3,(H,26,29). The maximum absolute atomic E-state index is 13.0. The lowest BCUT2D eigenvalue weighted by molar-refractivity contribution is -0.137. The Balaban J connectivity index is 1.61. The molecule has 0 unspecified atom stereocenters. The zero-order valence-electron chi connectivity index (χ0n) is 17.7. The van der Waals surface area contributed by atoms with Gasteiger partial charge in [-0.15, -0.1) is 0 Å². The molecule has 6 nitrogen and oxygen atoms in total. The maximum atomic E-state index is 13.0. The lowest BCUT2D eigenvalue weighted by Crippen LogP contribution is -2.40. The number of rotatable bonds is 8. The average molecular weight is 470 g/mol. The van der Waals surface area contributed by atoms with Crippen LogP contribution >= 0.6 is 0 Å². The first-order valence-corrected chi connectivity index (χ1v) is 12.1. The number of benzene rings is 2. The quantitative estimate of drug-likeness (QED) is 0.644. The van der Waals surface area contributed by atoms with E-state index in [1.807, 2.05) is 24.3 Å². The second kappa shape index (κ2) is 9.91. The molecule has 0 saturated carbocycles. The smallest absolute Gasteiger partial charge is 0.350 e. The van der Waals surface area contributed by atoms with E-state index in [0.717, 1.165) is 43.6 Å². The molecule has 3 rings (SSSR count). The molecular weight excluding hydrogens is 443 g/mol. The Hall–Kier alpha value is -2.59. The van der Waals surface area contributed by atoms with Crippen LogP contribution in [0.25, 0.3) is 0 Å². The van der Waals surface area contributed by atoms with Crippen LogP contribution < -0.4 is 9.62 Å². The van der Waals surface area contributed by atoms with Crippen LogP contribution in [0.1, 0.15) is 29.5 Å². The number of alkyl halides is 3. The van der Waals surface area contributed by atoms with Gasteiger partial charge in [-0.25, -0.2) is 8.42 Å². The van der Waals surface area contributed by atoms with Gasteiger partial charge in [0.1, 0.15) is 6.54 Å². The molecule has 0 aliphatic carbocycles. The van der Waals surface area contributed by atoms with Crippen molar-refractivity contribution in [1.29, 1.82) is 0 Å². The molecule has 0 aromatic heterocycles. The Kier molecular flexibility index (Phi) is 7.45. The average Bonchev–Trinajstić information content (AvgIpc) is 3.23. The Labute approximate surface area is 186 Å². The predicted molar refractivity (Wildman–Crippen MR) is 116 cm³/mol. The van der Waals surface area contributed by atoms with Crippen molar-refractivity contribution >= 4 is 21.6 Å². The van der Waals surface area contributed by atoms with Gasteiger partial charge in [0.05, 0.1) is 17.5 Å². The first-order chi connectivity index (χ1) is 15.0. The third kappa shape index (κ3) is 6.70. The summed E-state index contributed by atoms with van der Waals surface area (Å²) in [7, 11) is -3.97. The molecule has 2 aromatic carbocycles. The van der Waals surface area contributed by atoms with Crippen molar-refractivity contribution in [3.05, 3.63) is 65.2 Å². The molecule has 0 atom stereocenters. The highest BCUT2D eigenvalue weighted by Gasteiger charge is 2.32. The topological polar surface area (TPSA) is 69.7 Å². The molecule has 1 aliphatic rings. The molecule has 0 spiro atoms. The molecule has 0 bridgehead atoms. The highest BCUT2D eigenvalue weighted by Crippen LogP contribution is 2.32. The van der Waals surface area contributed by atoms with E-state index in [2.05, 4.69) is 10.2 Å². The highest BCUT2D eigenvalue weighted by atomic mass is 32.2. The van der Waals surface area contributed by atoms with Crippen LogP contribution in [-0.4, -0.2) is 45.1 Å². The van der Waals surface area contributed by atoms with E-state index in [1.165, 1.54) is 24.5 Å². The van der Waals surface area contributed by atoms with Crippen molar-refractivity contribution in [2.24, 2.45) is 0 Å². The van der Waals surface area contributed by atoms with Crippen molar-refractivity contribution in [1.82, 2.24) is 10.2 Å². The Morgan fingerprint density at radius 2 is 1.69 bits per heavy atom. The number of halogens is 3. The highest BCUT2D eigenvalue weighted by molar-refractivity contribution is 7.92. The zero-order chi connectivity index (χ0) is 23.4. The summed E-state index contributed by atoms with van der Waals surface area (Å²) in [5.41, 5.74) is 0.810. The summed E-state index contributed by atoms with van der Waals surface area (Å²) < 4.78 is 63.9. The lowest BCUT2D eigenvalue weighted by Gasteiger charge is -2.23. The number of anilines is 1. The molecule has 0 radical (unpaired) electrons. The van der Waals surface area contributed by atoms with Gasteiger partial charge < -0.3 is 5.32 Å². The summed E-state index contributed by atoms with van der Waals surface area (Å²) >= 11 is 0. The molecule has 10 heteroatoms. The van der Waals surface area contributed by atoms with E-state index < -0.39 is 34.2 Å². The molecule has 2 aromatic rings. The number of hydrogen-bond acceptors (Lipinski definition) is 4. The van der Waals surface area contributed by atoms with Gasteiger partial charge in [-0.2, -0.15) is 13.2 Å². The number of likely N-dealkylation sites (tertiary alicyclic amines) is 1. The number of amides is 1. The van der Waals surface area contributed by atoms with Gasteiger partial charge in [0, 0.05) is 13.1 Å². The lowest BCUT2D eigenvalue weighted by atomic mass is 10.1. The minimum atomic E-state index is -4.62. The van der Waals surface area contributed by atoms with Crippen molar-refractivity contribution in [2.75, 3.05) is 30.2 Å². The first kappa shape index (κ1) is 24.1. The summed E-state index contributed by atoms with van der Waals surface area (Å²) in [6.07, 6.45) is -1.34. The van der Waals surface area contributed by atoms with Crippen LogP contribution in [0.2, 0.25) is 0 Å². The van der Waals surface area contributed by atoms with Crippen molar-refractivity contribution in [2.45, 2.75) is 32.1 Å². The van der Waals surface area contributed by atoms with Crippen LogP contribution in [0, 0.1) is 0 Å². The van der Waals surface area contributed by atoms with E-state index >= 15 is 0 Å². The molecular formula is C22H26F3N3O3S. The van der Waals surface area contributed by atoms with Crippen LogP contribution in [-0.2, 0) is 34.1 Å². The van der Waals surface area contributed by atoms with Gasteiger partial charge in [-0.05, 0) is 55.3 Å². The summed E-state index contributed by atoms with van der Waals surface area (Å²) in [6.45, 7) is 2.64. The molecule has 32 heavy (non-hydrogen) atoms. The number of nitrogens with one attached hydrogen (secondary N) is 1. The normalized spacial score (nSPS) is 15.0. The van der Waals surface area contributed by atoms with E-state index in [1.54, 1.807) is 0 Å². The molecule has 1 N–H and O–H groups in total. The minimum absolute atomic E-state index is 0.184. The van der Waals surface area contributed by atoms with E-state index in [0.29, 0.717) is 10.4 Å². The van der Waals surface area contributed by atoms with Gasteiger partial charge in [-0.1, -0.05) is 30.3 Å². The molecule has 1 aliphatic heterocycles. The Morgan fingerprint density at radius 3 is 2.28 bits per heavy atom. The first-order valence-electron chi connectivity index (χ1n) is 10.2. The van der Waals surface area contributed by atoms with Gasteiger partial charge in [0.15, 0.2) is 0 Å². The van der Waals surface area contributed by atoms with Crippen LogP contribution in [0.3, 0.4) is 0 Å². The molecule has 1 amide bonds. The zero-order valence-corrected chi connectivity index (χ0v) is 18.5. The second-order valence-electron chi connectivity index (χ2n) is 7.89. The molecule has 174 valence electrons. The largest absolute Gasteiger partial charge is 0.416 e. The summed E-state index contributed by atoms with van der Waals surface area (Å²) in [5, 5.41) is 2.63. The van der Waals surface area contributed by atoms with Crippen molar-refractivity contribution < 1.29 is 26.4 Å². The van der Waals surface area contributed by atoms with Gasteiger partial charge >= 0.3 is 6.18 Å². The van der Waals surface area contributed by atoms with E-state index in [9.17, 15) is 26.4 Å². The van der Waals surface area contributed by atoms with Crippen molar-refractivity contribution in [3.63, 3.8) is 0 Å². The Morgan fingerprint density at radius 1 is 1.06 bits per heavy atom. The third-order valence-electron chi connectivity index (χ3n) is 5.27. The number of nitrogens with zero attached hydrogens (tertiary/aromatic N) is 2. The summed E-state index contributed by atoms with van der Waals surface area (Å²) in [6, 6.07) is 11.7. The van der Waals surface area contributed by atoms with Crippen LogP contribution in [0.15, 0.2) is 48.5 Å². The van der Waals surface area contributed by atoms with Gasteiger partial charge in [0.25, 0.3) is 0 Å².